The summed E-state index contributed by atoms with van der Waals surface area (Å²) < 4.78 is 0. The molecule has 1 saturated heterocycles. The van der Waals surface area contributed by atoms with Crippen molar-refractivity contribution < 1.29 is 14.7 Å². The summed E-state index contributed by atoms with van der Waals surface area (Å²) in [6, 6.07) is 2.83. The standard InChI is InChI=1S/C11H13N3O3/c12-8-3-4-14(6-8)10(15)7-1-2-9(11(16)17)13-5-7/h1-2,5,8H,3-4,6,12H2,(H,16,17). The number of amides is 1. The number of carboxylic acids is 1. The highest BCUT2D eigenvalue weighted by atomic mass is 16.4. The summed E-state index contributed by atoms with van der Waals surface area (Å²) in [5.41, 5.74) is 6.04. The fraction of sp³-hybridized carbons (Fsp3) is 0.364. The third-order valence-corrected chi connectivity index (χ3v) is 2.74. The van der Waals surface area contributed by atoms with E-state index in [1.54, 1.807) is 4.90 Å². The van der Waals surface area contributed by atoms with Gasteiger partial charge in [0.1, 0.15) is 5.69 Å². The highest BCUT2D eigenvalue weighted by molar-refractivity contribution is 5.95. The predicted octanol–water partition coefficient (Wildman–Crippen LogP) is -0.0470. The molecule has 0 saturated carbocycles. The molecule has 90 valence electrons. The first-order valence-electron chi connectivity index (χ1n) is 5.32. The van der Waals surface area contributed by atoms with E-state index < -0.39 is 5.97 Å². The maximum Gasteiger partial charge on any atom is 0.354 e. The number of carbonyl (C=O) groups excluding carboxylic acids is 1. The van der Waals surface area contributed by atoms with Crippen molar-refractivity contribution in [2.24, 2.45) is 5.73 Å². The van der Waals surface area contributed by atoms with Gasteiger partial charge >= 0.3 is 5.97 Å². The van der Waals surface area contributed by atoms with Gasteiger partial charge in [0.2, 0.25) is 0 Å². The van der Waals surface area contributed by atoms with Crippen LogP contribution in [0.25, 0.3) is 0 Å². The van der Waals surface area contributed by atoms with Crippen LogP contribution in [0.15, 0.2) is 18.3 Å². The zero-order chi connectivity index (χ0) is 12.4. The molecule has 0 aromatic carbocycles. The first-order chi connectivity index (χ1) is 8.08. The lowest BCUT2D eigenvalue weighted by atomic mass is 10.2. The molecule has 3 N–H and O–H groups in total. The van der Waals surface area contributed by atoms with Gasteiger partial charge in [-0.3, -0.25) is 4.79 Å². The van der Waals surface area contributed by atoms with Crippen molar-refractivity contribution in [1.29, 1.82) is 0 Å². The lowest BCUT2D eigenvalue weighted by Gasteiger charge is -2.15. The maximum atomic E-state index is 12.0. The lowest BCUT2D eigenvalue weighted by Crippen LogP contribution is -2.31. The Hall–Kier alpha value is -1.95. The monoisotopic (exact) mass is 235 g/mol. The summed E-state index contributed by atoms with van der Waals surface area (Å²) >= 11 is 0. The number of nitrogens with zero attached hydrogens (tertiary/aromatic N) is 2. The van der Waals surface area contributed by atoms with Crippen LogP contribution in [0.2, 0.25) is 0 Å². The third-order valence-electron chi connectivity index (χ3n) is 2.74. The largest absolute Gasteiger partial charge is 0.477 e. The van der Waals surface area contributed by atoms with Crippen molar-refractivity contribution in [2.75, 3.05) is 13.1 Å². The summed E-state index contributed by atoms with van der Waals surface area (Å²) in [7, 11) is 0. The van der Waals surface area contributed by atoms with E-state index in [9.17, 15) is 9.59 Å². The Kier molecular flexibility index (Phi) is 3.06. The van der Waals surface area contributed by atoms with Crippen LogP contribution in [0, 0.1) is 0 Å². The summed E-state index contributed by atoms with van der Waals surface area (Å²) in [6.07, 6.45) is 2.09. The Balaban J connectivity index is 2.12. The summed E-state index contributed by atoms with van der Waals surface area (Å²) in [5, 5.41) is 8.69. The van der Waals surface area contributed by atoms with Gasteiger partial charge in [0.05, 0.1) is 5.56 Å². The van der Waals surface area contributed by atoms with Crippen LogP contribution < -0.4 is 5.73 Å². The minimum Gasteiger partial charge on any atom is -0.477 e. The number of pyridine rings is 1. The van der Waals surface area contributed by atoms with Crippen molar-refractivity contribution in [3.63, 3.8) is 0 Å². The Morgan fingerprint density at radius 3 is 2.71 bits per heavy atom. The highest BCUT2D eigenvalue weighted by Crippen LogP contribution is 2.12. The summed E-state index contributed by atoms with van der Waals surface area (Å²) in [6.45, 7) is 1.18. The smallest absolute Gasteiger partial charge is 0.354 e. The van der Waals surface area contributed by atoms with Crippen LogP contribution in [0.4, 0.5) is 0 Å². The molecule has 0 radical (unpaired) electrons. The minimum atomic E-state index is -1.10. The maximum absolute atomic E-state index is 12.0. The Labute approximate surface area is 98.1 Å². The molecule has 1 aromatic rings. The molecule has 6 heteroatoms. The van der Waals surface area contributed by atoms with Gasteiger partial charge in [-0.05, 0) is 18.6 Å². The molecule has 1 amide bonds. The van der Waals surface area contributed by atoms with Gasteiger partial charge in [-0.25, -0.2) is 9.78 Å². The van der Waals surface area contributed by atoms with E-state index in [2.05, 4.69) is 4.98 Å². The van der Waals surface area contributed by atoms with Gasteiger partial charge in [0.25, 0.3) is 5.91 Å². The number of hydrogen-bond acceptors (Lipinski definition) is 4. The van der Waals surface area contributed by atoms with Crippen molar-refractivity contribution in [3.05, 3.63) is 29.6 Å². The van der Waals surface area contributed by atoms with Gasteiger partial charge in [-0.1, -0.05) is 0 Å². The van der Waals surface area contributed by atoms with Crippen molar-refractivity contribution in [1.82, 2.24) is 9.88 Å². The fourth-order valence-electron chi connectivity index (χ4n) is 1.80. The molecule has 1 unspecified atom stereocenters. The lowest BCUT2D eigenvalue weighted by molar-refractivity contribution is 0.0688. The Morgan fingerprint density at radius 2 is 2.24 bits per heavy atom. The number of aromatic carboxylic acids is 1. The van der Waals surface area contributed by atoms with Crippen LogP contribution in [0.3, 0.4) is 0 Å². The number of carbonyl (C=O) groups is 2. The SMILES string of the molecule is NC1CCN(C(=O)c2ccc(C(=O)O)nc2)C1. The molecule has 1 aliphatic rings. The van der Waals surface area contributed by atoms with Gasteiger partial charge in [-0.2, -0.15) is 0 Å². The number of rotatable bonds is 2. The number of nitrogens with two attached hydrogens (primary N) is 1. The molecule has 2 rings (SSSR count). The van der Waals surface area contributed by atoms with Gasteiger partial charge < -0.3 is 15.7 Å². The van der Waals surface area contributed by atoms with E-state index >= 15 is 0 Å². The number of carboxylic acid groups (broad SMARTS) is 1. The normalized spacial score (nSPS) is 19.4. The van der Waals surface area contributed by atoms with E-state index in [4.69, 9.17) is 10.8 Å². The molecule has 1 aliphatic heterocycles. The second-order valence-corrected chi connectivity index (χ2v) is 4.04. The Morgan fingerprint density at radius 1 is 1.47 bits per heavy atom. The summed E-state index contributed by atoms with van der Waals surface area (Å²) in [4.78, 5) is 27.9. The molecule has 1 fully saturated rings. The quantitative estimate of drug-likeness (QED) is 0.749. The van der Waals surface area contributed by atoms with Crippen molar-refractivity contribution in [3.8, 4) is 0 Å². The molecule has 1 aromatic heterocycles. The summed E-state index contributed by atoms with van der Waals surface area (Å²) in [5.74, 6) is -1.26. The van der Waals surface area contributed by atoms with Gasteiger partial charge in [0, 0.05) is 25.3 Å². The van der Waals surface area contributed by atoms with Crippen LogP contribution in [-0.2, 0) is 0 Å². The second kappa shape index (κ2) is 4.50. The molecule has 0 aliphatic carbocycles. The van der Waals surface area contributed by atoms with Crippen LogP contribution in [0.1, 0.15) is 27.3 Å². The van der Waals surface area contributed by atoms with E-state index in [0.717, 1.165) is 6.42 Å². The number of hydrogen-bond donors (Lipinski definition) is 2. The first kappa shape index (κ1) is 11.5. The second-order valence-electron chi connectivity index (χ2n) is 4.04. The fourth-order valence-corrected chi connectivity index (χ4v) is 1.80. The molecule has 0 bridgehead atoms. The Bertz CT molecular complexity index is 444. The molecule has 1 atom stereocenters. The van der Waals surface area contributed by atoms with E-state index in [1.807, 2.05) is 0 Å². The third kappa shape index (κ3) is 2.42. The van der Waals surface area contributed by atoms with E-state index in [1.165, 1.54) is 18.3 Å². The van der Waals surface area contributed by atoms with E-state index in [0.29, 0.717) is 18.7 Å². The first-order valence-corrected chi connectivity index (χ1v) is 5.32. The van der Waals surface area contributed by atoms with Crippen molar-refractivity contribution >= 4 is 11.9 Å². The van der Waals surface area contributed by atoms with E-state index in [-0.39, 0.29) is 17.6 Å². The average molecular weight is 235 g/mol. The highest BCUT2D eigenvalue weighted by Gasteiger charge is 2.24. The van der Waals surface area contributed by atoms with Crippen molar-refractivity contribution in [2.45, 2.75) is 12.5 Å². The number of aromatic nitrogens is 1. The zero-order valence-corrected chi connectivity index (χ0v) is 9.17. The van der Waals surface area contributed by atoms with Gasteiger partial charge in [0.15, 0.2) is 0 Å². The molecular weight excluding hydrogens is 222 g/mol. The zero-order valence-electron chi connectivity index (χ0n) is 9.17. The molecular formula is C11H13N3O3. The average Bonchev–Trinajstić information content (AvgIpc) is 2.75. The van der Waals surface area contributed by atoms with Crippen LogP contribution in [0.5, 0.6) is 0 Å². The van der Waals surface area contributed by atoms with Crippen LogP contribution >= 0.6 is 0 Å². The number of likely N-dealkylation sites (tertiary alicyclic amines) is 1. The molecule has 0 spiro atoms. The minimum absolute atomic E-state index is 0.0326. The molecule has 17 heavy (non-hydrogen) atoms. The van der Waals surface area contributed by atoms with Crippen LogP contribution in [-0.4, -0.2) is 46.0 Å². The van der Waals surface area contributed by atoms with Gasteiger partial charge in [-0.15, -0.1) is 0 Å². The molecule has 6 nitrogen and oxygen atoms in total. The topological polar surface area (TPSA) is 96.5 Å². The molecule has 2 heterocycles. The predicted molar refractivity (Wildman–Crippen MR) is 59.7 cm³/mol.